The van der Waals surface area contributed by atoms with Gasteiger partial charge in [-0.2, -0.15) is 4.39 Å². The van der Waals surface area contributed by atoms with Crippen LogP contribution in [-0.4, -0.2) is 9.85 Å². The second-order valence-corrected chi connectivity index (χ2v) is 3.48. The summed E-state index contributed by atoms with van der Waals surface area (Å²) in [6, 6.07) is 0.607. The van der Waals surface area contributed by atoms with Crippen molar-refractivity contribution < 1.29 is 14.2 Å². The molecule has 6 nitrogen and oxygen atoms in total. The van der Waals surface area contributed by atoms with E-state index in [0.717, 1.165) is 0 Å². The van der Waals surface area contributed by atoms with Crippen LogP contribution >= 0.6 is 15.9 Å². The first-order chi connectivity index (χ1) is 6.86. The molecule has 0 aliphatic rings. The number of hydrogen-bond donors (Lipinski definition) is 0. The largest absolute Gasteiger partial charge is 0.312 e. The minimum absolute atomic E-state index is 0.0168. The number of nitro groups is 2. The van der Waals surface area contributed by atoms with E-state index < -0.39 is 27.0 Å². The zero-order valence-corrected chi connectivity index (χ0v) is 8.95. The third-order valence-electron chi connectivity index (χ3n) is 1.80. The predicted molar refractivity (Wildman–Crippen MR) is 52.1 cm³/mol. The Hall–Kier alpha value is -1.57. The number of halogens is 2. The first kappa shape index (κ1) is 11.5. The predicted octanol–water partition coefficient (Wildman–Crippen LogP) is 2.71. The quantitative estimate of drug-likeness (QED) is 0.615. The third-order valence-corrected chi connectivity index (χ3v) is 2.74. The summed E-state index contributed by atoms with van der Waals surface area (Å²) in [7, 11) is 0. The van der Waals surface area contributed by atoms with Crippen molar-refractivity contribution in [1.29, 1.82) is 0 Å². The molecule has 0 aromatic heterocycles. The summed E-state index contributed by atoms with van der Waals surface area (Å²) in [5.41, 5.74) is -1.39. The van der Waals surface area contributed by atoms with Gasteiger partial charge in [-0.25, -0.2) is 0 Å². The molecule has 0 unspecified atom stereocenters. The van der Waals surface area contributed by atoms with Crippen LogP contribution in [0.2, 0.25) is 0 Å². The van der Waals surface area contributed by atoms with Gasteiger partial charge in [0.25, 0.3) is 5.69 Å². The molecule has 0 heterocycles. The summed E-state index contributed by atoms with van der Waals surface area (Å²) < 4.78 is 13.0. The van der Waals surface area contributed by atoms with E-state index in [9.17, 15) is 24.6 Å². The lowest BCUT2D eigenvalue weighted by Gasteiger charge is -2.01. The summed E-state index contributed by atoms with van der Waals surface area (Å²) in [5, 5.41) is 20.9. The van der Waals surface area contributed by atoms with Gasteiger partial charge in [0.1, 0.15) is 0 Å². The Morgan fingerprint density at radius 1 is 1.27 bits per heavy atom. The molecule has 0 atom stereocenters. The van der Waals surface area contributed by atoms with Crippen molar-refractivity contribution in [2.24, 2.45) is 0 Å². The van der Waals surface area contributed by atoms with Crippen molar-refractivity contribution in [2.75, 3.05) is 0 Å². The van der Waals surface area contributed by atoms with Crippen molar-refractivity contribution in [2.45, 2.75) is 6.92 Å². The van der Waals surface area contributed by atoms with Gasteiger partial charge < -0.3 is 0 Å². The van der Waals surface area contributed by atoms with Crippen LogP contribution in [0.4, 0.5) is 15.8 Å². The van der Waals surface area contributed by atoms with Gasteiger partial charge in [-0.05, 0) is 22.9 Å². The molecule has 0 aliphatic carbocycles. The van der Waals surface area contributed by atoms with Crippen molar-refractivity contribution in [3.8, 4) is 0 Å². The van der Waals surface area contributed by atoms with E-state index in [1.54, 1.807) is 0 Å². The fourth-order valence-corrected chi connectivity index (χ4v) is 1.42. The van der Waals surface area contributed by atoms with Crippen molar-refractivity contribution >= 4 is 27.3 Å². The zero-order chi connectivity index (χ0) is 11.7. The van der Waals surface area contributed by atoms with Crippen LogP contribution in [-0.2, 0) is 0 Å². The summed E-state index contributed by atoms with van der Waals surface area (Å²) in [6.07, 6.45) is 0. The SMILES string of the molecule is Cc1c([N+](=O)[O-])cc([N+](=O)[O-])c(F)c1Br. The molecule has 0 radical (unpaired) electrons. The van der Waals surface area contributed by atoms with Crippen LogP contribution in [0.25, 0.3) is 0 Å². The maximum absolute atomic E-state index is 13.2. The Bertz CT molecular complexity index is 425. The number of nitrogens with zero attached hydrogens (tertiary/aromatic N) is 2. The Balaban J connectivity index is 3.59. The lowest BCUT2D eigenvalue weighted by Crippen LogP contribution is -1.99. The zero-order valence-electron chi connectivity index (χ0n) is 7.36. The van der Waals surface area contributed by atoms with E-state index in [1.165, 1.54) is 6.92 Å². The molecule has 1 aromatic rings. The van der Waals surface area contributed by atoms with Crippen LogP contribution in [0.5, 0.6) is 0 Å². The highest BCUT2D eigenvalue weighted by atomic mass is 79.9. The molecule has 8 heteroatoms. The monoisotopic (exact) mass is 278 g/mol. The van der Waals surface area contributed by atoms with Crippen molar-refractivity contribution in [3.63, 3.8) is 0 Å². The maximum atomic E-state index is 13.2. The summed E-state index contributed by atoms with van der Waals surface area (Å²) in [6.45, 7) is 1.30. The van der Waals surface area contributed by atoms with Gasteiger partial charge in [0.05, 0.1) is 20.4 Å². The van der Waals surface area contributed by atoms with Crippen LogP contribution in [0.15, 0.2) is 10.5 Å². The molecular formula is C7H4BrFN2O4. The van der Waals surface area contributed by atoms with Gasteiger partial charge in [0, 0.05) is 5.56 Å². The molecule has 0 N–H and O–H groups in total. The molecule has 0 saturated heterocycles. The second-order valence-electron chi connectivity index (χ2n) is 2.68. The summed E-state index contributed by atoms with van der Waals surface area (Å²) in [5.74, 6) is -1.11. The van der Waals surface area contributed by atoms with Gasteiger partial charge in [0.15, 0.2) is 0 Å². The van der Waals surface area contributed by atoms with Crippen LogP contribution < -0.4 is 0 Å². The molecule has 0 fully saturated rings. The van der Waals surface area contributed by atoms with E-state index in [0.29, 0.717) is 6.07 Å². The van der Waals surface area contributed by atoms with Crippen molar-refractivity contribution in [1.82, 2.24) is 0 Å². The normalized spacial score (nSPS) is 10.1. The van der Waals surface area contributed by atoms with Crippen LogP contribution in [0, 0.1) is 33.0 Å². The van der Waals surface area contributed by atoms with Gasteiger partial charge in [-0.15, -0.1) is 0 Å². The van der Waals surface area contributed by atoms with Crippen LogP contribution in [0.3, 0.4) is 0 Å². The Labute approximate surface area is 91.1 Å². The number of hydrogen-bond acceptors (Lipinski definition) is 4. The number of rotatable bonds is 2. The summed E-state index contributed by atoms with van der Waals surface area (Å²) in [4.78, 5) is 19.1. The average Bonchev–Trinajstić information content (AvgIpc) is 2.13. The Kier molecular flexibility index (Phi) is 2.98. The maximum Gasteiger partial charge on any atom is 0.312 e. The molecule has 1 rings (SSSR count). The molecule has 0 aliphatic heterocycles. The molecular weight excluding hydrogens is 275 g/mol. The molecule has 0 amide bonds. The lowest BCUT2D eigenvalue weighted by molar-refractivity contribution is -0.396. The fourth-order valence-electron chi connectivity index (χ4n) is 1.01. The molecule has 0 saturated carbocycles. The van der Waals surface area contributed by atoms with Gasteiger partial charge in [-0.1, -0.05) is 0 Å². The van der Waals surface area contributed by atoms with E-state index in [4.69, 9.17) is 0 Å². The standard InChI is InChI=1S/C7H4BrFN2O4/c1-3-4(10(12)13)2-5(11(14)15)7(9)6(3)8/h2H,1H3. The van der Waals surface area contributed by atoms with E-state index >= 15 is 0 Å². The van der Waals surface area contributed by atoms with E-state index in [-0.39, 0.29) is 10.0 Å². The fraction of sp³-hybridized carbons (Fsp3) is 0.143. The average molecular weight is 279 g/mol. The van der Waals surface area contributed by atoms with E-state index in [1.807, 2.05) is 0 Å². The van der Waals surface area contributed by atoms with Crippen molar-refractivity contribution in [3.05, 3.63) is 42.1 Å². The number of benzene rings is 1. The molecule has 1 aromatic carbocycles. The molecule has 0 spiro atoms. The molecule has 15 heavy (non-hydrogen) atoms. The minimum Gasteiger partial charge on any atom is -0.258 e. The topological polar surface area (TPSA) is 86.3 Å². The van der Waals surface area contributed by atoms with Gasteiger partial charge >= 0.3 is 5.69 Å². The highest BCUT2D eigenvalue weighted by molar-refractivity contribution is 9.10. The minimum atomic E-state index is -1.11. The molecule has 80 valence electrons. The smallest absolute Gasteiger partial charge is 0.258 e. The molecule has 0 bridgehead atoms. The lowest BCUT2D eigenvalue weighted by atomic mass is 10.2. The number of nitro benzene ring substituents is 2. The van der Waals surface area contributed by atoms with Gasteiger partial charge in [0.2, 0.25) is 5.82 Å². The summed E-state index contributed by atoms with van der Waals surface area (Å²) >= 11 is 2.73. The highest BCUT2D eigenvalue weighted by Crippen LogP contribution is 2.34. The third kappa shape index (κ3) is 1.94. The first-order valence-electron chi connectivity index (χ1n) is 3.63. The van der Waals surface area contributed by atoms with E-state index in [2.05, 4.69) is 15.9 Å². The Morgan fingerprint density at radius 3 is 2.13 bits per heavy atom. The highest BCUT2D eigenvalue weighted by Gasteiger charge is 2.26. The first-order valence-corrected chi connectivity index (χ1v) is 4.43. The van der Waals surface area contributed by atoms with Crippen LogP contribution in [0.1, 0.15) is 5.56 Å². The Morgan fingerprint density at radius 2 is 1.73 bits per heavy atom. The second kappa shape index (κ2) is 3.89. The van der Waals surface area contributed by atoms with Gasteiger partial charge in [-0.3, -0.25) is 20.2 Å².